The minimum Gasteiger partial charge on any atom is -0.394 e. The third-order valence-electron chi connectivity index (χ3n) is 16.3. The summed E-state index contributed by atoms with van der Waals surface area (Å²) in [6.45, 7) is 3.67. The van der Waals surface area contributed by atoms with Crippen LogP contribution in [0.4, 0.5) is 0 Å². The third kappa shape index (κ3) is 33.1. The second-order valence-corrected chi connectivity index (χ2v) is 24.3. The fourth-order valence-electron chi connectivity index (χ4n) is 11.0. The van der Waals surface area contributed by atoms with Crippen LogP contribution >= 0.6 is 0 Å². The standard InChI is InChI=1S/C62H110N8O25.CH4.H2/c1-37(74)67-50-56(85)53(82)43(34-71)93-60(50)90-30-15-9-22-47(79)63-25-13-7-19-40(59(88)66-27-12-5-6-21-46(78)65-28-18-29-89-4)33-42(77)41(70-49(81)24-11-17-32-92-62-52(69-39(3)76)58(87)55(84)45(36-73)95-62)20-8-14-26-64-48(80)23-10-16-31-91-61-51(68-38(2)75)57(86)54(83)44(35-72)94-61;;/h40-41,43-45,50-58,60-62,71-73,82-87H,5-36H2,1-4H3,(H,63,79)(H,64,80)(H,65,78)(H,66,88)(H,67,74)(H,68,75)(H,69,76)(H,70,81);1H4;1H/i;1T;1+2T. The van der Waals surface area contributed by atoms with Gasteiger partial charge in [-0.25, -0.2) is 0 Å². The predicted octanol–water partition coefficient (Wildman–Crippen LogP) is -3.28. The van der Waals surface area contributed by atoms with Crippen LogP contribution in [0.25, 0.3) is 0 Å². The Balaban J connectivity index is 0.0000120. The van der Waals surface area contributed by atoms with Crippen molar-refractivity contribution in [1.82, 2.24) is 42.5 Å². The molecule has 0 spiro atoms. The zero-order valence-corrected chi connectivity index (χ0v) is 56.5. The van der Waals surface area contributed by atoms with Crippen LogP contribution in [0, 0.1) is 5.92 Å². The van der Waals surface area contributed by atoms with Crippen LogP contribution in [0.15, 0.2) is 0 Å². The number of rotatable bonds is 49. The van der Waals surface area contributed by atoms with Crippen LogP contribution in [-0.4, -0.2) is 277 Å². The molecule has 3 aliphatic rings. The van der Waals surface area contributed by atoms with Gasteiger partial charge < -0.3 is 122 Å². The molecular formula is C63H116N8O25. The number of methoxy groups -OCH3 is 1. The van der Waals surface area contributed by atoms with E-state index >= 15 is 0 Å². The number of Topliss-reactive ketones (excluding diaryl/α,β-unsaturated/α-hetero) is 1. The van der Waals surface area contributed by atoms with E-state index in [1.54, 1.807) is 7.11 Å². The normalized spacial score (nSPS) is 26.4. The number of carbonyl (C=O) groups is 9. The maximum atomic E-state index is 14.4. The number of hydrogen-bond acceptors (Lipinski definition) is 25. The van der Waals surface area contributed by atoms with Gasteiger partial charge in [0.1, 0.15) is 73.1 Å². The number of carbonyl (C=O) groups excluding carboxylic acids is 9. The molecule has 3 saturated heterocycles. The highest BCUT2D eigenvalue weighted by Crippen LogP contribution is 2.26. The van der Waals surface area contributed by atoms with E-state index in [0.29, 0.717) is 96.6 Å². The number of aliphatic hydroxyl groups is 9. The zero-order valence-electron chi connectivity index (χ0n) is 59.5. The monoisotopic (exact) mass is 1390 g/mol. The summed E-state index contributed by atoms with van der Waals surface area (Å²) in [6, 6.07) is -4.43. The van der Waals surface area contributed by atoms with Crippen molar-refractivity contribution >= 4 is 53.0 Å². The first kappa shape index (κ1) is 83.2. The fourth-order valence-corrected chi connectivity index (χ4v) is 11.0. The summed E-state index contributed by atoms with van der Waals surface area (Å²) >= 11 is 0. The molecule has 33 nitrogen and oxygen atoms in total. The molecular weight excluding hydrogens is 1270 g/mol. The minimum atomic E-state index is -1.52. The number of nitrogens with one attached hydrogen (secondary N) is 8. The molecule has 33 heteroatoms. The smallest absolute Gasteiger partial charge is 0.223 e. The number of aliphatic hydroxyl groups excluding tert-OH is 9. The quantitative estimate of drug-likeness (QED) is 0.0266. The molecule has 0 aliphatic carbocycles. The lowest BCUT2D eigenvalue weighted by Crippen LogP contribution is -2.64. The summed E-state index contributed by atoms with van der Waals surface area (Å²) in [5, 5.41) is 113. The van der Waals surface area contributed by atoms with Gasteiger partial charge in [-0.15, -0.1) is 0 Å². The van der Waals surface area contributed by atoms with E-state index in [4.69, 9.17) is 37.5 Å². The van der Waals surface area contributed by atoms with E-state index in [0.717, 1.165) is 0 Å². The van der Waals surface area contributed by atoms with Gasteiger partial charge in [-0.2, -0.15) is 0 Å². The fraction of sp³-hybridized carbons (Fsp3) is 0.857. The molecule has 3 fully saturated rings. The highest BCUT2D eigenvalue weighted by molar-refractivity contribution is 5.92. The molecule has 0 aromatic heterocycles. The van der Waals surface area contributed by atoms with Crippen molar-refractivity contribution in [3.63, 3.8) is 0 Å². The lowest BCUT2D eigenvalue weighted by molar-refractivity contribution is -0.270. The Labute approximate surface area is 567 Å². The Morgan fingerprint density at radius 3 is 1.17 bits per heavy atom. The first-order valence-electron chi connectivity index (χ1n) is 35.4. The lowest BCUT2D eigenvalue weighted by atomic mass is 9.91. The van der Waals surface area contributed by atoms with Crippen LogP contribution in [-0.2, 0) is 76.3 Å². The van der Waals surface area contributed by atoms with Crippen molar-refractivity contribution in [1.29, 1.82) is 0 Å². The van der Waals surface area contributed by atoms with Gasteiger partial charge in [0.15, 0.2) is 24.7 Å². The first-order valence-corrected chi connectivity index (χ1v) is 33.4. The number of ketones is 1. The maximum Gasteiger partial charge on any atom is 0.223 e. The third-order valence-corrected chi connectivity index (χ3v) is 16.3. The van der Waals surface area contributed by atoms with Gasteiger partial charge in [-0.05, 0) is 89.9 Å². The molecule has 0 saturated carbocycles. The average Bonchev–Trinajstić information content (AvgIpc) is 0.829. The second-order valence-electron chi connectivity index (χ2n) is 24.3. The molecule has 3 rings (SSSR count). The van der Waals surface area contributed by atoms with Gasteiger partial charge in [0.25, 0.3) is 0 Å². The molecule has 17 N–H and O–H groups in total. The Hall–Kier alpha value is -5.21. The molecule has 8 amide bonds. The number of ether oxygens (including phenoxy) is 7. The Kier molecular flexibility index (Phi) is 42.8. The Bertz CT molecular complexity index is 2300. The topological polar surface area (TPSA) is 497 Å². The molecule has 96 heavy (non-hydrogen) atoms. The Morgan fingerprint density at radius 2 is 0.792 bits per heavy atom. The lowest BCUT2D eigenvalue weighted by Gasteiger charge is -2.42. The summed E-state index contributed by atoms with van der Waals surface area (Å²) in [5.74, 6) is -4.27. The highest BCUT2D eigenvalue weighted by Gasteiger charge is 2.48. The number of unbranched alkanes of at least 4 members (excludes halogenated alkanes) is 7. The molecule has 558 valence electrons. The number of amides is 8. The van der Waals surface area contributed by atoms with Gasteiger partial charge in [0, 0.05) is 123 Å². The predicted molar refractivity (Wildman–Crippen MR) is 344 cm³/mol. The summed E-state index contributed by atoms with van der Waals surface area (Å²) in [7, 11) is 2.83. The van der Waals surface area contributed by atoms with Gasteiger partial charge in [-0.3, -0.25) is 43.2 Å². The molecule has 17 unspecified atom stereocenters. The molecule has 3 heterocycles. The summed E-state index contributed by atoms with van der Waals surface area (Å²) < 4.78 is 54.8. The maximum absolute atomic E-state index is 14.4. The van der Waals surface area contributed by atoms with Crippen molar-refractivity contribution in [3.8, 4) is 0 Å². The van der Waals surface area contributed by atoms with Gasteiger partial charge >= 0.3 is 0 Å². The number of hydrogen-bond donors (Lipinski definition) is 17. The molecule has 0 bridgehead atoms. The van der Waals surface area contributed by atoms with Crippen LogP contribution in [0.3, 0.4) is 0 Å². The van der Waals surface area contributed by atoms with Crippen molar-refractivity contribution < 1.29 is 127 Å². The molecule has 0 aromatic rings. The van der Waals surface area contributed by atoms with E-state index in [1.807, 2.05) is 0 Å². The molecule has 17 atom stereocenters. The van der Waals surface area contributed by atoms with E-state index in [9.17, 15) is 89.1 Å². The SMILES string of the molecule is COCCCNC(=O)CCCCCNC(=O)C(CCCCNC(=O)CCCCOC1OC(CO)C(O)C(O)C1NC(C)=O)CC(=O)C(CCCCNC(=O)CCCCOC1OC(CO)C(O)C(O)C1NC(C)=O)NC(=O)CCCCOC1OC(CO)C(O)C(O)C1NC(C)=O.[3H]C.[3H][3H]. The highest BCUT2D eigenvalue weighted by atomic mass is 16.7. The minimum absolute atomic E-state index is 0.0240. The molecule has 0 aromatic carbocycles. The van der Waals surface area contributed by atoms with E-state index in [-0.39, 0.29) is 114 Å². The van der Waals surface area contributed by atoms with Crippen molar-refractivity contribution in [3.05, 3.63) is 0 Å². The van der Waals surface area contributed by atoms with Crippen LogP contribution < -0.4 is 42.5 Å². The van der Waals surface area contributed by atoms with Crippen LogP contribution in [0.1, 0.15) is 167 Å². The van der Waals surface area contributed by atoms with Crippen molar-refractivity contribution in [2.45, 2.75) is 261 Å². The van der Waals surface area contributed by atoms with Crippen molar-refractivity contribution in [2.75, 3.05) is 79.5 Å². The van der Waals surface area contributed by atoms with Gasteiger partial charge in [-0.1, -0.05) is 20.2 Å². The van der Waals surface area contributed by atoms with Gasteiger partial charge in [0.2, 0.25) is 47.3 Å². The first-order chi connectivity index (χ1) is 47.5. The Morgan fingerprint density at radius 1 is 0.448 bits per heavy atom. The van der Waals surface area contributed by atoms with Crippen molar-refractivity contribution in [2.24, 2.45) is 5.92 Å². The van der Waals surface area contributed by atoms with Crippen LogP contribution in [0.5, 0.6) is 0 Å². The van der Waals surface area contributed by atoms with E-state index in [1.165, 1.54) is 28.2 Å². The molecule has 0 radical (unpaired) electrons. The zero-order chi connectivity index (χ0) is 74.2. The second kappa shape index (κ2) is 49.3. The largest absolute Gasteiger partial charge is 0.394 e. The summed E-state index contributed by atoms with van der Waals surface area (Å²) in [6.07, 6.45) is -9.25. The van der Waals surface area contributed by atoms with E-state index < -0.39 is 153 Å². The van der Waals surface area contributed by atoms with Gasteiger partial charge in [0.05, 0.1) is 25.9 Å². The average molecular weight is 1390 g/mol. The van der Waals surface area contributed by atoms with Crippen LogP contribution in [0.2, 0.25) is 0 Å². The van der Waals surface area contributed by atoms with E-state index in [2.05, 4.69) is 42.5 Å². The molecule has 3 aliphatic heterocycles. The summed E-state index contributed by atoms with van der Waals surface area (Å²) in [5.41, 5.74) is 0. The summed E-state index contributed by atoms with van der Waals surface area (Å²) in [4.78, 5) is 115.